The topological polar surface area (TPSA) is 72.7 Å². The molecule has 5 heteroatoms. The molecular weight excluding hydrogens is 186 g/mol. The number of carbonyl (C=O) groups is 1. The molecule has 0 aliphatic rings. The number of hydrogen-bond donors (Lipinski definition) is 1. The lowest BCUT2D eigenvalue weighted by Crippen LogP contribution is -2.12. The lowest BCUT2D eigenvalue weighted by atomic mass is 10.1. The molecule has 1 aromatic carbocycles. The molecule has 0 spiro atoms. The van der Waals surface area contributed by atoms with Crippen molar-refractivity contribution in [1.29, 1.82) is 0 Å². The molecule has 0 atom stereocenters. The first kappa shape index (κ1) is 10.5. The van der Waals surface area contributed by atoms with Crippen molar-refractivity contribution in [3.63, 3.8) is 0 Å². The first-order valence-electron chi connectivity index (χ1n) is 3.95. The molecule has 0 aliphatic carbocycles. The fraction of sp³-hybridized carbons (Fsp3) is 0.222. The van der Waals surface area contributed by atoms with E-state index in [1.165, 1.54) is 19.2 Å². The molecule has 0 aromatic heterocycles. The fourth-order valence-electron chi connectivity index (χ4n) is 1.07. The Bertz CT molecular complexity index is 349. The van der Waals surface area contributed by atoms with E-state index in [9.17, 15) is 4.79 Å². The van der Waals surface area contributed by atoms with Crippen LogP contribution in [0, 0.1) is 6.92 Å². The Morgan fingerprint density at radius 1 is 1.57 bits per heavy atom. The van der Waals surface area contributed by atoms with E-state index >= 15 is 0 Å². The number of anilines is 1. The second-order valence-corrected chi connectivity index (χ2v) is 2.80. The van der Waals surface area contributed by atoms with E-state index in [1.807, 2.05) is 0 Å². The minimum atomic E-state index is -0.480. The quantitative estimate of drug-likeness (QED) is 0.429. The van der Waals surface area contributed by atoms with Crippen LogP contribution >= 0.6 is 0 Å². The predicted octanol–water partition coefficient (Wildman–Crippen LogP) is 0.617. The Morgan fingerprint density at radius 2 is 2.21 bits per heavy atom. The Balaban J connectivity index is 3.15. The van der Waals surface area contributed by atoms with E-state index in [1.54, 1.807) is 13.0 Å². The standard InChI is InChI=1S/C9H11NO4/c1-6-3-4-7(10(12)13)5-8(6)9(11)14-2/h3-5,12-13H,1-2H3/p+1. The summed E-state index contributed by atoms with van der Waals surface area (Å²) in [4.78, 5) is 11.2. The summed E-state index contributed by atoms with van der Waals surface area (Å²) in [6, 6.07) is 4.57. The van der Waals surface area contributed by atoms with Gasteiger partial charge in [-0.1, -0.05) is 6.07 Å². The molecule has 3 N–H and O–H groups in total. The zero-order chi connectivity index (χ0) is 10.7. The molecule has 0 amide bonds. The maximum atomic E-state index is 11.2. The van der Waals surface area contributed by atoms with Crippen LogP contribution in [0.5, 0.6) is 0 Å². The molecule has 0 radical (unpaired) electrons. The van der Waals surface area contributed by atoms with Crippen LogP contribution in [0.4, 0.5) is 5.69 Å². The summed E-state index contributed by atoms with van der Waals surface area (Å²) in [6.45, 7) is 1.75. The number of carbonyl (C=O) groups excluding carboxylic acids is 1. The highest BCUT2D eigenvalue weighted by Gasteiger charge is 2.12. The van der Waals surface area contributed by atoms with Crippen molar-refractivity contribution in [2.75, 3.05) is 12.3 Å². The number of ether oxygens (including phenoxy) is 1. The van der Waals surface area contributed by atoms with Crippen LogP contribution in [0.1, 0.15) is 15.9 Å². The molecule has 76 valence electrons. The van der Waals surface area contributed by atoms with Gasteiger partial charge >= 0.3 is 5.97 Å². The van der Waals surface area contributed by atoms with Crippen molar-refractivity contribution < 1.29 is 19.9 Å². The van der Waals surface area contributed by atoms with Crippen molar-refractivity contribution in [3.8, 4) is 0 Å². The Morgan fingerprint density at radius 3 is 2.71 bits per heavy atom. The van der Waals surface area contributed by atoms with E-state index < -0.39 is 5.97 Å². The zero-order valence-electron chi connectivity index (χ0n) is 7.94. The van der Waals surface area contributed by atoms with Crippen LogP contribution in [0.2, 0.25) is 0 Å². The number of methoxy groups -OCH3 is 1. The average Bonchev–Trinajstić information content (AvgIpc) is 2.17. The van der Waals surface area contributed by atoms with Crippen molar-refractivity contribution >= 4 is 11.7 Å². The number of hydrogen-bond acceptors (Lipinski definition) is 4. The van der Waals surface area contributed by atoms with Gasteiger partial charge in [-0.15, -0.1) is 0 Å². The highest BCUT2D eigenvalue weighted by atomic mass is 16.8. The normalized spacial score (nSPS) is 9.71. The highest BCUT2D eigenvalue weighted by Crippen LogP contribution is 2.17. The third-order valence-corrected chi connectivity index (χ3v) is 1.87. The summed E-state index contributed by atoms with van der Waals surface area (Å²) in [5, 5.41) is 16.0. The first-order chi connectivity index (χ1) is 6.56. The molecule has 0 bridgehead atoms. The predicted molar refractivity (Wildman–Crippen MR) is 50.4 cm³/mol. The minimum Gasteiger partial charge on any atom is -0.465 e. The zero-order valence-corrected chi connectivity index (χ0v) is 7.94. The first-order valence-corrected chi connectivity index (χ1v) is 3.95. The molecule has 0 saturated carbocycles. The Hall–Kier alpha value is -1.59. The van der Waals surface area contributed by atoms with Crippen molar-refractivity contribution in [2.24, 2.45) is 0 Å². The summed E-state index contributed by atoms with van der Waals surface area (Å²) in [5.41, 5.74) is 1.30. The lowest BCUT2D eigenvalue weighted by Gasteiger charge is -2.07. The molecule has 0 saturated heterocycles. The van der Waals surface area contributed by atoms with Gasteiger partial charge in [-0.05, 0) is 29.8 Å². The van der Waals surface area contributed by atoms with Gasteiger partial charge in [0.25, 0.3) is 0 Å². The van der Waals surface area contributed by atoms with Crippen LogP contribution in [0.15, 0.2) is 18.2 Å². The largest absolute Gasteiger partial charge is 0.465 e. The van der Waals surface area contributed by atoms with Gasteiger partial charge in [0.05, 0.1) is 12.7 Å². The molecule has 0 heterocycles. The van der Waals surface area contributed by atoms with Crippen LogP contribution in [-0.4, -0.2) is 23.5 Å². The molecule has 0 unspecified atom stereocenters. The molecule has 1 rings (SSSR count). The van der Waals surface area contributed by atoms with Gasteiger partial charge in [-0.3, -0.25) is 5.21 Å². The molecule has 0 aliphatic heterocycles. The average molecular weight is 198 g/mol. The van der Waals surface area contributed by atoms with E-state index in [0.29, 0.717) is 5.56 Å². The number of aryl methyl sites for hydroxylation is 1. The summed E-state index contributed by atoms with van der Waals surface area (Å²) in [5.74, 6) is -0.480. The van der Waals surface area contributed by atoms with E-state index in [-0.39, 0.29) is 10.9 Å². The van der Waals surface area contributed by atoms with Crippen molar-refractivity contribution in [3.05, 3.63) is 29.3 Å². The highest BCUT2D eigenvalue weighted by molar-refractivity contribution is 5.92. The van der Waals surface area contributed by atoms with E-state index in [2.05, 4.69) is 4.74 Å². The van der Waals surface area contributed by atoms with Gasteiger partial charge in [0.1, 0.15) is 5.69 Å². The smallest absolute Gasteiger partial charge is 0.338 e. The van der Waals surface area contributed by atoms with Crippen molar-refractivity contribution in [1.82, 2.24) is 0 Å². The summed E-state index contributed by atoms with van der Waals surface area (Å²) < 4.78 is 4.55. The third-order valence-electron chi connectivity index (χ3n) is 1.87. The number of esters is 1. The second-order valence-electron chi connectivity index (χ2n) is 2.80. The SMILES string of the molecule is COC(=O)c1cc(N(O)[OH2+])ccc1C. The van der Waals surface area contributed by atoms with Crippen LogP contribution in [-0.2, 0) is 4.74 Å². The summed E-state index contributed by atoms with van der Waals surface area (Å²) in [7, 11) is 1.28. The summed E-state index contributed by atoms with van der Waals surface area (Å²) in [6.07, 6.45) is 0. The maximum Gasteiger partial charge on any atom is 0.338 e. The van der Waals surface area contributed by atoms with E-state index in [0.717, 1.165) is 5.56 Å². The van der Waals surface area contributed by atoms with Crippen LogP contribution in [0.3, 0.4) is 0 Å². The molecule has 0 fully saturated rings. The van der Waals surface area contributed by atoms with Gasteiger partial charge in [-0.2, -0.15) is 0 Å². The molecule has 14 heavy (non-hydrogen) atoms. The number of rotatable bonds is 2. The Kier molecular flexibility index (Phi) is 3.06. The van der Waals surface area contributed by atoms with Gasteiger partial charge in [0, 0.05) is 0 Å². The second kappa shape index (κ2) is 4.08. The molecule has 1 aromatic rings. The van der Waals surface area contributed by atoms with Crippen LogP contribution < -0.4 is 5.23 Å². The van der Waals surface area contributed by atoms with Crippen molar-refractivity contribution in [2.45, 2.75) is 6.92 Å². The molecular formula is C9H12NO4+. The van der Waals surface area contributed by atoms with Gasteiger partial charge < -0.3 is 4.74 Å². The van der Waals surface area contributed by atoms with Gasteiger partial charge in [0.15, 0.2) is 0 Å². The minimum absolute atomic E-state index is 0.200. The Labute approximate surface area is 81.1 Å². The number of nitrogens with zero attached hydrogens (tertiary/aromatic N) is 1. The maximum absolute atomic E-state index is 11.2. The molecule has 5 nitrogen and oxygen atoms in total. The van der Waals surface area contributed by atoms with Gasteiger partial charge in [0.2, 0.25) is 0 Å². The summed E-state index contributed by atoms with van der Waals surface area (Å²) >= 11 is 0. The fourth-order valence-corrected chi connectivity index (χ4v) is 1.07. The third kappa shape index (κ3) is 2.01. The van der Waals surface area contributed by atoms with E-state index in [4.69, 9.17) is 10.4 Å². The van der Waals surface area contributed by atoms with Crippen LogP contribution in [0.25, 0.3) is 0 Å². The lowest BCUT2D eigenvalue weighted by molar-refractivity contribution is 0.0291. The van der Waals surface area contributed by atoms with Gasteiger partial charge in [-0.25, -0.2) is 10.0 Å². The monoisotopic (exact) mass is 198 g/mol. The number of benzene rings is 1.